The molecule has 6 nitrogen and oxygen atoms in total. The van der Waals surface area contributed by atoms with Crippen molar-refractivity contribution < 1.29 is 14.3 Å². The summed E-state index contributed by atoms with van der Waals surface area (Å²) in [6.45, 7) is 2.45. The molecule has 96 valence electrons. The summed E-state index contributed by atoms with van der Waals surface area (Å²) in [7, 11) is 1.59. The topological polar surface area (TPSA) is 70.7 Å². The Morgan fingerprint density at radius 2 is 2.29 bits per heavy atom. The second-order valence-corrected chi connectivity index (χ2v) is 4.37. The van der Waals surface area contributed by atoms with E-state index in [1.807, 2.05) is 0 Å². The van der Waals surface area contributed by atoms with Crippen molar-refractivity contribution in [1.82, 2.24) is 15.5 Å². The Balaban J connectivity index is 2.04. The van der Waals surface area contributed by atoms with Crippen molar-refractivity contribution in [3.8, 4) is 0 Å². The summed E-state index contributed by atoms with van der Waals surface area (Å²) in [6.07, 6.45) is 1.34. The Morgan fingerprint density at radius 3 is 2.94 bits per heavy atom. The van der Waals surface area contributed by atoms with Crippen molar-refractivity contribution in [3.05, 3.63) is 0 Å². The minimum Gasteiger partial charge on any atom is -0.368 e. The molecule has 2 aliphatic heterocycles. The van der Waals surface area contributed by atoms with E-state index in [0.29, 0.717) is 19.7 Å². The summed E-state index contributed by atoms with van der Waals surface area (Å²) in [5.74, 6) is -0.166. The standard InChI is InChI=1S/C11H19N3O3/c1-12-10(15)8-7-13-4-5-14(8)11(16)9-3-2-6-17-9/h8-9,13H,2-7H2,1H3,(H,12,15)/t8?,9-/m1/s1. The lowest BCUT2D eigenvalue weighted by atomic mass is 10.1. The summed E-state index contributed by atoms with van der Waals surface area (Å²) < 4.78 is 5.39. The molecule has 0 aromatic rings. The molecule has 0 saturated carbocycles. The molecule has 2 aliphatic rings. The van der Waals surface area contributed by atoms with Gasteiger partial charge in [-0.25, -0.2) is 0 Å². The van der Waals surface area contributed by atoms with Crippen molar-refractivity contribution in [3.63, 3.8) is 0 Å². The van der Waals surface area contributed by atoms with E-state index in [2.05, 4.69) is 10.6 Å². The minimum atomic E-state index is -0.412. The zero-order valence-electron chi connectivity index (χ0n) is 10.1. The zero-order valence-corrected chi connectivity index (χ0v) is 10.1. The highest BCUT2D eigenvalue weighted by Gasteiger charge is 2.36. The molecule has 2 saturated heterocycles. The van der Waals surface area contributed by atoms with E-state index in [-0.39, 0.29) is 17.9 Å². The number of carbonyl (C=O) groups excluding carboxylic acids is 2. The van der Waals surface area contributed by atoms with E-state index in [4.69, 9.17) is 4.74 Å². The lowest BCUT2D eigenvalue weighted by Crippen LogP contribution is -2.60. The van der Waals surface area contributed by atoms with Crippen molar-refractivity contribution >= 4 is 11.8 Å². The highest BCUT2D eigenvalue weighted by Crippen LogP contribution is 2.17. The maximum absolute atomic E-state index is 12.2. The van der Waals surface area contributed by atoms with Crippen LogP contribution in [0.5, 0.6) is 0 Å². The normalized spacial score (nSPS) is 29.1. The first-order valence-corrected chi connectivity index (χ1v) is 6.08. The lowest BCUT2D eigenvalue weighted by Gasteiger charge is -2.36. The van der Waals surface area contributed by atoms with Gasteiger partial charge in [-0.15, -0.1) is 0 Å². The predicted octanol–water partition coefficient (Wildman–Crippen LogP) is -1.29. The summed E-state index contributed by atoms with van der Waals surface area (Å²) in [5.41, 5.74) is 0. The van der Waals surface area contributed by atoms with E-state index in [1.165, 1.54) is 0 Å². The molecule has 2 fully saturated rings. The number of hydrogen-bond donors (Lipinski definition) is 2. The van der Waals surface area contributed by atoms with Gasteiger partial charge in [-0.05, 0) is 12.8 Å². The first-order valence-electron chi connectivity index (χ1n) is 6.08. The van der Waals surface area contributed by atoms with Gasteiger partial charge >= 0.3 is 0 Å². The van der Waals surface area contributed by atoms with Gasteiger partial charge in [0, 0.05) is 33.3 Å². The molecular formula is C11H19N3O3. The third kappa shape index (κ3) is 2.58. The fourth-order valence-corrected chi connectivity index (χ4v) is 2.33. The van der Waals surface area contributed by atoms with Gasteiger partial charge in [-0.1, -0.05) is 0 Å². The number of piperazine rings is 1. The molecule has 2 amide bonds. The summed E-state index contributed by atoms with van der Waals surface area (Å²) in [6, 6.07) is -0.412. The molecule has 6 heteroatoms. The van der Waals surface area contributed by atoms with Crippen molar-refractivity contribution in [1.29, 1.82) is 0 Å². The van der Waals surface area contributed by atoms with Gasteiger partial charge in [-0.3, -0.25) is 9.59 Å². The molecule has 17 heavy (non-hydrogen) atoms. The molecule has 2 N–H and O–H groups in total. The first-order chi connectivity index (χ1) is 8.24. The van der Waals surface area contributed by atoms with Gasteiger partial charge in [0.25, 0.3) is 5.91 Å². The first kappa shape index (κ1) is 12.3. The van der Waals surface area contributed by atoms with Crippen LogP contribution in [0, 0.1) is 0 Å². The van der Waals surface area contributed by atoms with E-state index >= 15 is 0 Å². The number of rotatable bonds is 2. The summed E-state index contributed by atoms with van der Waals surface area (Å²) >= 11 is 0. The van der Waals surface area contributed by atoms with E-state index < -0.39 is 6.04 Å². The van der Waals surface area contributed by atoms with Crippen LogP contribution in [-0.4, -0.2) is 62.1 Å². The fourth-order valence-electron chi connectivity index (χ4n) is 2.33. The molecule has 0 radical (unpaired) electrons. The SMILES string of the molecule is CNC(=O)C1CNCCN1C(=O)[C@H]1CCCO1. The van der Waals surface area contributed by atoms with Crippen LogP contribution in [0.2, 0.25) is 0 Å². The van der Waals surface area contributed by atoms with Crippen LogP contribution in [0.4, 0.5) is 0 Å². The molecule has 0 bridgehead atoms. The van der Waals surface area contributed by atoms with E-state index in [9.17, 15) is 9.59 Å². The van der Waals surface area contributed by atoms with Gasteiger partial charge in [0.15, 0.2) is 0 Å². The van der Waals surface area contributed by atoms with E-state index in [1.54, 1.807) is 11.9 Å². The number of nitrogens with zero attached hydrogens (tertiary/aromatic N) is 1. The summed E-state index contributed by atoms with van der Waals surface area (Å²) in [5, 5.41) is 5.73. The quantitative estimate of drug-likeness (QED) is 0.631. The smallest absolute Gasteiger partial charge is 0.252 e. The number of likely N-dealkylation sites (N-methyl/N-ethyl adjacent to an activating group) is 1. The van der Waals surface area contributed by atoms with E-state index in [0.717, 1.165) is 19.4 Å². The van der Waals surface area contributed by atoms with Crippen LogP contribution >= 0.6 is 0 Å². The van der Waals surface area contributed by atoms with Gasteiger partial charge in [0.1, 0.15) is 12.1 Å². The third-order valence-electron chi connectivity index (χ3n) is 3.28. The van der Waals surface area contributed by atoms with Crippen molar-refractivity contribution in [2.24, 2.45) is 0 Å². The van der Waals surface area contributed by atoms with Crippen LogP contribution in [0.1, 0.15) is 12.8 Å². The van der Waals surface area contributed by atoms with Crippen LogP contribution in [0.3, 0.4) is 0 Å². The number of hydrogen-bond acceptors (Lipinski definition) is 4. The second kappa shape index (κ2) is 5.46. The average molecular weight is 241 g/mol. The maximum Gasteiger partial charge on any atom is 0.252 e. The Kier molecular flexibility index (Phi) is 3.96. The lowest BCUT2D eigenvalue weighted by molar-refractivity contribution is -0.148. The molecule has 2 rings (SSSR count). The monoisotopic (exact) mass is 241 g/mol. The average Bonchev–Trinajstić information content (AvgIpc) is 2.91. The number of carbonyl (C=O) groups is 2. The van der Waals surface area contributed by atoms with Gasteiger partial charge in [-0.2, -0.15) is 0 Å². The predicted molar refractivity (Wildman–Crippen MR) is 61.4 cm³/mol. The maximum atomic E-state index is 12.2. The van der Waals surface area contributed by atoms with Crippen LogP contribution in [-0.2, 0) is 14.3 Å². The fraction of sp³-hybridized carbons (Fsp3) is 0.818. The van der Waals surface area contributed by atoms with Crippen molar-refractivity contribution in [2.75, 3.05) is 33.3 Å². The Bertz CT molecular complexity index is 302. The Hall–Kier alpha value is -1.14. The molecule has 0 aromatic heterocycles. The van der Waals surface area contributed by atoms with Gasteiger partial charge < -0.3 is 20.3 Å². The summed E-state index contributed by atoms with van der Waals surface area (Å²) in [4.78, 5) is 25.6. The number of nitrogens with one attached hydrogen (secondary N) is 2. The Labute approximate surface area is 101 Å². The zero-order chi connectivity index (χ0) is 12.3. The molecule has 1 unspecified atom stereocenters. The van der Waals surface area contributed by atoms with Gasteiger partial charge in [0.2, 0.25) is 5.91 Å². The second-order valence-electron chi connectivity index (χ2n) is 4.37. The number of ether oxygens (including phenoxy) is 1. The van der Waals surface area contributed by atoms with Crippen LogP contribution in [0.15, 0.2) is 0 Å². The highest BCUT2D eigenvalue weighted by molar-refractivity contribution is 5.89. The van der Waals surface area contributed by atoms with Crippen molar-refractivity contribution in [2.45, 2.75) is 25.0 Å². The Morgan fingerprint density at radius 1 is 1.47 bits per heavy atom. The highest BCUT2D eigenvalue weighted by atomic mass is 16.5. The molecule has 2 heterocycles. The molecule has 2 atom stereocenters. The third-order valence-corrected chi connectivity index (χ3v) is 3.28. The van der Waals surface area contributed by atoms with Crippen LogP contribution in [0.25, 0.3) is 0 Å². The minimum absolute atomic E-state index is 0.0439. The van der Waals surface area contributed by atoms with Crippen LogP contribution < -0.4 is 10.6 Å². The molecule has 0 aromatic carbocycles. The molecule has 0 aliphatic carbocycles. The molecular weight excluding hydrogens is 222 g/mol. The largest absolute Gasteiger partial charge is 0.368 e. The molecule has 0 spiro atoms. The number of amides is 2. The van der Waals surface area contributed by atoms with Gasteiger partial charge in [0.05, 0.1) is 0 Å².